The van der Waals surface area contributed by atoms with Crippen LogP contribution in [0.2, 0.25) is 0 Å². The first-order valence-electron chi connectivity index (χ1n) is 6.77. The van der Waals surface area contributed by atoms with E-state index in [1.807, 2.05) is 12.1 Å². The number of aromatic nitrogens is 3. The van der Waals surface area contributed by atoms with E-state index < -0.39 is 0 Å². The van der Waals surface area contributed by atoms with E-state index in [4.69, 9.17) is 10.3 Å². The Morgan fingerprint density at radius 1 is 1.00 bits per heavy atom. The van der Waals surface area contributed by atoms with Crippen molar-refractivity contribution in [3.8, 4) is 22.4 Å². The molecule has 5 nitrogen and oxygen atoms in total. The largest absolute Gasteiger partial charge is 0.367 e. The fourth-order valence-corrected chi connectivity index (χ4v) is 2.23. The smallest absolute Gasteiger partial charge is 0.230 e. The van der Waals surface area contributed by atoms with Crippen LogP contribution in [-0.2, 0) is 0 Å². The third-order valence-electron chi connectivity index (χ3n) is 3.42. The monoisotopic (exact) mass is 280 g/mol. The van der Waals surface area contributed by atoms with Crippen molar-refractivity contribution in [2.75, 3.05) is 5.73 Å². The lowest BCUT2D eigenvalue weighted by Gasteiger charge is -2.07. The molecule has 1 aromatic carbocycles. The molecule has 2 N–H and O–H groups in total. The van der Waals surface area contributed by atoms with Crippen molar-refractivity contribution < 1.29 is 4.52 Å². The molecule has 0 bridgehead atoms. The molecule has 0 saturated carbocycles. The van der Waals surface area contributed by atoms with Gasteiger partial charge in [0, 0.05) is 18.0 Å². The first-order valence-corrected chi connectivity index (χ1v) is 6.77. The van der Waals surface area contributed by atoms with Gasteiger partial charge < -0.3 is 10.3 Å². The Morgan fingerprint density at radius 3 is 2.29 bits per heavy atom. The number of rotatable bonds is 3. The van der Waals surface area contributed by atoms with E-state index in [0.717, 1.165) is 16.7 Å². The zero-order valence-corrected chi connectivity index (χ0v) is 11.9. The van der Waals surface area contributed by atoms with E-state index in [0.29, 0.717) is 17.5 Å². The molecule has 0 unspecified atom stereocenters. The average Bonchev–Trinajstić information content (AvgIpc) is 2.90. The van der Waals surface area contributed by atoms with Gasteiger partial charge in [-0.15, -0.1) is 0 Å². The Morgan fingerprint density at radius 2 is 1.67 bits per heavy atom. The molecule has 21 heavy (non-hydrogen) atoms. The van der Waals surface area contributed by atoms with Crippen LogP contribution >= 0.6 is 0 Å². The van der Waals surface area contributed by atoms with E-state index in [2.05, 4.69) is 41.1 Å². The van der Waals surface area contributed by atoms with Gasteiger partial charge in [0.05, 0.1) is 5.56 Å². The van der Waals surface area contributed by atoms with Crippen molar-refractivity contribution in [1.29, 1.82) is 0 Å². The summed E-state index contributed by atoms with van der Waals surface area (Å²) < 4.78 is 5.15. The maximum Gasteiger partial charge on any atom is 0.230 e. The quantitative estimate of drug-likeness (QED) is 0.794. The van der Waals surface area contributed by atoms with Gasteiger partial charge >= 0.3 is 0 Å². The van der Waals surface area contributed by atoms with Gasteiger partial charge in [0.1, 0.15) is 12.0 Å². The summed E-state index contributed by atoms with van der Waals surface area (Å²) in [6.45, 7) is 4.32. The highest BCUT2D eigenvalue weighted by Gasteiger charge is 2.17. The van der Waals surface area contributed by atoms with E-state index in [1.165, 1.54) is 11.9 Å². The van der Waals surface area contributed by atoms with Crippen LogP contribution in [0.15, 0.2) is 47.5 Å². The second-order valence-electron chi connectivity index (χ2n) is 5.17. The fourth-order valence-electron chi connectivity index (χ4n) is 2.23. The summed E-state index contributed by atoms with van der Waals surface area (Å²) in [6, 6.07) is 8.26. The molecule has 0 fully saturated rings. The number of benzene rings is 1. The van der Waals surface area contributed by atoms with Crippen molar-refractivity contribution in [2.45, 2.75) is 19.8 Å². The second kappa shape index (κ2) is 5.36. The summed E-state index contributed by atoms with van der Waals surface area (Å²) in [7, 11) is 0. The Balaban J connectivity index is 2.08. The summed E-state index contributed by atoms with van der Waals surface area (Å²) in [6.07, 6.45) is 4.86. The molecule has 0 aliphatic carbocycles. The number of hydrogen-bond donors (Lipinski definition) is 1. The molecule has 3 rings (SSSR count). The maximum absolute atomic E-state index is 5.94. The molecule has 0 aliphatic heterocycles. The zero-order valence-electron chi connectivity index (χ0n) is 11.9. The normalized spacial score (nSPS) is 11.0. The van der Waals surface area contributed by atoms with Crippen LogP contribution < -0.4 is 5.73 Å². The summed E-state index contributed by atoms with van der Waals surface area (Å²) >= 11 is 0. The van der Waals surface area contributed by atoms with Crippen LogP contribution in [0.1, 0.15) is 25.3 Å². The van der Waals surface area contributed by atoms with Crippen molar-refractivity contribution in [2.24, 2.45) is 0 Å². The van der Waals surface area contributed by atoms with Crippen LogP contribution in [0.3, 0.4) is 0 Å². The SMILES string of the molecule is CC(C)c1ccc(-c2c(-c3cncnc3)noc2N)cc1. The van der Waals surface area contributed by atoms with Gasteiger partial charge in [0.2, 0.25) is 5.88 Å². The van der Waals surface area contributed by atoms with Crippen LogP contribution in [0.5, 0.6) is 0 Å². The minimum Gasteiger partial charge on any atom is -0.367 e. The lowest BCUT2D eigenvalue weighted by molar-refractivity contribution is 0.439. The van der Waals surface area contributed by atoms with Gasteiger partial charge in [-0.2, -0.15) is 0 Å². The van der Waals surface area contributed by atoms with Crippen molar-refractivity contribution in [3.63, 3.8) is 0 Å². The van der Waals surface area contributed by atoms with Crippen molar-refractivity contribution in [1.82, 2.24) is 15.1 Å². The van der Waals surface area contributed by atoms with Crippen LogP contribution in [0, 0.1) is 0 Å². The number of hydrogen-bond acceptors (Lipinski definition) is 5. The van der Waals surface area contributed by atoms with Gasteiger partial charge in [-0.05, 0) is 17.0 Å². The summed E-state index contributed by atoms with van der Waals surface area (Å²) in [4.78, 5) is 8.02. The van der Waals surface area contributed by atoms with Gasteiger partial charge in [-0.3, -0.25) is 0 Å². The van der Waals surface area contributed by atoms with Crippen molar-refractivity contribution in [3.05, 3.63) is 48.5 Å². The van der Waals surface area contributed by atoms with E-state index in [9.17, 15) is 0 Å². The molecule has 2 aromatic heterocycles. The third kappa shape index (κ3) is 2.50. The summed E-state index contributed by atoms with van der Waals surface area (Å²) in [5.41, 5.74) is 10.4. The molecular formula is C16H16N4O. The second-order valence-corrected chi connectivity index (χ2v) is 5.17. The van der Waals surface area contributed by atoms with Gasteiger partial charge in [0.25, 0.3) is 0 Å². The minimum absolute atomic E-state index is 0.297. The highest BCUT2D eigenvalue weighted by atomic mass is 16.5. The highest BCUT2D eigenvalue weighted by Crippen LogP contribution is 2.36. The molecule has 0 radical (unpaired) electrons. The lowest BCUT2D eigenvalue weighted by Crippen LogP contribution is -1.91. The van der Waals surface area contributed by atoms with E-state index >= 15 is 0 Å². The molecular weight excluding hydrogens is 264 g/mol. The standard InChI is InChI=1S/C16H16N4O/c1-10(2)11-3-5-12(6-4-11)14-15(20-21-16(14)17)13-7-18-9-19-8-13/h3-10H,17H2,1-2H3. The Kier molecular flexibility index (Phi) is 3.39. The minimum atomic E-state index is 0.297. The van der Waals surface area contributed by atoms with Crippen molar-refractivity contribution >= 4 is 5.88 Å². The fraction of sp³-hybridized carbons (Fsp3) is 0.188. The lowest BCUT2D eigenvalue weighted by atomic mass is 9.97. The number of nitrogens with zero attached hydrogens (tertiary/aromatic N) is 3. The Hall–Kier alpha value is -2.69. The van der Waals surface area contributed by atoms with Gasteiger partial charge in [-0.1, -0.05) is 43.3 Å². The maximum atomic E-state index is 5.94. The van der Waals surface area contributed by atoms with Crippen LogP contribution in [0.25, 0.3) is 22.4 Å². The number of nitrogen functional groups attached to an aromatic ring is 1. The molecule has 106 valence electrons. The van der Waals surface area contributed by atoms with E-state index in [1.54, 1.807) is 12.4 Å². The molecule has 2 heterocycles. The molecule has 0 aliphatic rings. The first kappa shape index (κ1) is 13.3. The molecule has 0 atom stereocenters. The molecule has 5 heteroatoms. The third-order valence-corrected chi connectivity index (χ3v) is 3.42. The Bertz CT molecular complexity index is 733. The van der Waals surface area contributed by atoms with Gasteiger partial charge in [0.15, 0.2) is 0 Å². The first-order chi connectivity index (χ1) is 10.2. The summed E-state index contributed by atoms with van der Waals surface area (Å²) in [5, 5.41) is 4.04. The molecule has 0 amide bonds. The van der Waals surface area contributed by atoms with Crippen LogP contribution in [-0.4, -0.2) is 15.1 Å². The predicted molar refractivity (Wildman–Crippen MR) is 81.5 cm³/mol. The van der Waals surface area contributed by atoms with Gasteiger partial charge in [-0.25, -0.2) is 9.97 Å². The van der Waals surface area contributed by atoms with E-state index in [-0.39, 0.29) is 0 Å². The van der Waals surface area contributed by atoms with Crippen LogP contribution in [0.4, 0.5) is 5.88 Å². The Labute approximate surface area is 122 Å². The molecule has 0 spiro atoms. The molecule has 3 aromatic rings. The highest BCUT2D eigenvalue weighted by molar-refractivity contribution is 5.86. The topological polar surface area (TPSA) is 77.8 Å². The number of nitrogens with two attached hydrogens (primary N) is 1. The predicted octanol–water partition coefficient (Wildman–Crippen LogP) is 3.50. The average molecular weight is 280 g/mol. The summed E-state index contributed by atoms with van der Waals surface area (Å²) in [5.74, 6) is 0.784. The number of anilines is 1. The zero-order chi connectivity index (χ0) is 14.8. The molecule has 0 saturated heterocycles.